The van der Waals surface area contributed by atoms with Gasteiger partial charge in [0.15, 0.2) is 0 Å². The van der Waals surface area contributed by atoms with Crippen LogP contribution in [0.5, 0.6) is 0 Å². The zero-order valence-corrected chi connectivity index (χ0v) is 14.6. The van der Waals surface area contributed by atoms with E-state index in [4.69, 9.17) is 4.74 Å². The summed E-state index contributed by atoms with van der Waals surface area (Å²) >= 11 is 0. The molecule has 0 unspecified atom stereocenters. The third-order valence-electron chi connectivity index (χ3n) is 4.64. The fourth-order valence-electron chi connectivity index (χ4n) is 3.21. The first kappa shape index (κ1) is 17.7. The summed E-state index contributed by atoms with van der Waals surface area (Å²) in [4.78, 5) is 26.3. The van der Waals surface area contributed by atoms with Gasteiger partial charge in [0.25, 0.3) is 0 Å². The molecular formula is C18H26N4O3. The molecule has 2 fully saturated rings. The molecule has 3 N–H and O–H groups in total. The first-order chi connectivity index (χ1) is 12.1. The number of carbonyl (C=O) groups excluding carboxylic acids is 2. The number of carbonyl (C=O) groups is 2. The van der Waals surface area contributed by atoms with E-state index in [9.17, 15) is 9.59 Å². The van der Waals surface area contributed by atoms with Crippen molar-refractivity contribution in [2.24, 2.45) is 0 Å². The Hall–Kier alpha value is -2.12. The molecule has 136 valence electrons. The Labute approximate surface area is 148 Å². The van der Waals surface area contributed by atoms with Gasteiger partial charge in [0.1, 0.15) is 6.04 Å². The van der Waals surface area contributed by atoms with Crippen molar-refractivity contribution in [3.05, 3.63) is 29.8 Å². The number of amides is 3. The minimum atomic E-state index is -0.327. The molecule has 0 aliphatic carbocycles. The van der Waals surface area contributed by atoms with Crippen molar-refractivity contribution in [1.82, 2.24) is 15.5 Å². The van der Waals surface area contributed by atoms with Crippen LogP contribution in [0, 0.1) is 0 Å². The minimum Gasteiger partial charge on any atom is -0.375 e. The molecule has 0 aromatic heterocycles. The zero-order valence-electron chi connectivity index (χ0n) is 14.6. The van der Waals surface area contributed by atoms with Gasteiger partial charge in [-0.2, -0.15) is 0 Å². The highest BCUT2D eigenvalue weighted by atomic mass is 16.5. The highest BCUT2D eigenvalue weighted by Gasteiger charge is 2.27. The van der Waals surface area contributed by atoms with Gasteiger partial charge in [-0.1, -0.05) is 12.1 Å². The van der Waals surface area contributed by atoms with Crippen molar-refractivity contribution in [3.63, 3.8) is 0 Å². The monoisotopic (exact) mass is 346 g/mol. The molecule has 0 bridgehead atoms. The van der Waals surface area contributed by atoms with Crippen molar-refractivity contribution >= 4 is 17.6 Å². The maximum Gasteiger partial charge on any atom is 0.321 e. The molecule has 7 nitrogen and oxygen atoms in total. The molecule has 2 saturated heterocycles. The van der Waals surface area contributed by atoms with E-state index >= 15 is 0 Å². The zero-order chi connectivity index (χ0) is 17.6. The van der Waals surface area contributed by atoms with E-state index in [0.29, 0.717) is 19.7 Å². The molecule has 0 spiro atoms. The highest BCUT2D eigenvalue weighted by Crippen LogP contribution is 2.14. The van der Waals surface area contributed by atoms with Crippen LogP contribution in [-0.4, -0.2) is 55.2 Å². The normalized spacial score (nSPS) is 23.3. The fourth-order valence-corrected chi connectivity index (χ4v) is 3.21. The summed E-state index contributed by atoms with van der Waals surface area (Å²) in [5, 5.41) is 9.03. The number of nitrogens with one attached hydrogen (secondary N) is 3. The molecular weight excluding hydrogens is 320 g/mol. The van der Waals surface area contributed by atoms with Gasteiger partial charge in [-0.25, -0.2) is 4.79 Å². The van der Waals surface area contributed by atoms with E-state index in [1.807, 2.05) is 36.1 Å². The van der Waals surface area contributed by atoms with Gasteiger partial charge in [0.2, 0.25) is 5.91 Å². The standard InChI is InChI=1S/C18H26N4O3/c1-13-16(19-7-10-25-13)17(23)20-12-14-5-4-6-15(11-14)21-18(24)22-8-2-3-9-22/h4-6,11,13,16,19H,2-3,7-10,12H2,1H3,(H,20,23)(H,21,24)/t13-,16+/m1/s1. The molecule has 1 aromatic rings. The van der Waals surface area contributed by atoms with E-state index in [1.54, 1.807) is 0 Å². The number of benzene rings is 1. The maximum atomic E-state index is 12.3. The molecule has 7 heteroatoms. The Balaban J connectivity index is 1.52. The smallest absolute Gasteiger partial charge is 0.321 e. The van der Waals surface area contributed by atoms with Crippen LogP contribution in [0.25, 0.3) is 0 Å². The Bertz CT molecular complexity index is 616. The summed E-state index contributed by atoms with van der Waals surface area (Å²) in [5.74, 6) is -0.0706. The second-order valence-corrected chi connectivity index (χ2v) is 6.55. The largest absolute Gasteiger partial charge is 0.375 e. The lowest BCUT2D eigenvalue weighted by Gasteiger charge is -2.29. The predicted molar refractivity (Wildman–Crippen MR) is 95.3 cm³/mol. The molecule has 2 heterocycles. The first-order valence-electron chi connectivity index (χ1n) is 8.91. The van der Waals surface area contributed by atoms with Crippen LogP contribution in [-0.2, 0) is 16.1 Å². The van der Waals surface area contributed by atoms with Crippen LogP contribution in [0.3, 0.4) is 0 Å². The molecule has 2 atom stereocenters. The second-order valence-electron chi connectivity index (χ2n) is 6.55. The summed E-state index contributed by atoms with van der Waals surface area (Å²) < 4.78 is 5.50. The van der Waals surface area contributed by atoms with Crippen molar-refractivity contribution in [2.75, 3.05) is 31.6 Å². The minimum absolute atomic E-state index is 0.0592. The average molecular weight is 346 g/mol. The van der Waals surface area contributed by atoms with Gasteiger partial charge in [-0.3, -0.25) is 4.79 Å². The van der Waals surface area contributed by atoms with Gasteiger partial charge >= 0.3 is 6.03 Å². The Morgan fingerprint density at radius 1 is 1.32 bits per heavy atom. The molecule has 1 aromatic carbocycles. The number of hydrogen-bond acceptors (Lipinski definition) is 4. The Morgan fingerprint density at radius 3 is 2.88 bits per heavy atom. The Kier molecular flexibility index (Phi) is 5.88. The summed E-state index contributed by atoms with van der Waals surface area (Å²) in [6.07, 6.45) is 1.99. The molecule has 25 heavy (non-hydrogen) atoms. The lowest BCUT2D eigenvalue weighted by atomic mass is 10.1. The van der Waals surface area contributed by atoms with Crippen LogP contribution < -0.4 is 16.0 Å². The summed E-state index contributed by atoms with van der Waals surface area (Å²) in [5.41, 5.74) is 1.69. The predicted octanol–water partition coefficient (Wildman–Crippen LogP) is 1.31. The van der Waals surface area contributed by atoms with E-state index in [1.165, 1.54) is 0 Å². The Morgan fingerprint density at radius 2 is 2.12 bits per heavy atom. The lowest BCUT2D eigenvalue weighted by Crippen LogP contribution is -2.55. The van der Waals surface area contributed by atoms with E-state index in [2.05, 4.69) is 16.0 Å². The summed E-state index contributed by atoms with van der Waals surface area (Å²) in [6.45, 7) is 5.25. The molecule has 0 radical (unpaired) electrons. The van der Waals surface area contributed by atoms with Gasteiger partial charge in [0.05, 0.1) is 12.7 Å². The van der Waals surface area contributed by atoms with Crippen LogP contribution >= 0.6 is 0 Å². The second kappa shape index (κ2) is 8.31. The first-order valence-corrected chi connectivity index (χ1v) is 8.91. The van der Waals surface area contributed by atoms with Crippen molar-refractivity contribution in [2.45, 2.75) is 38.5 Å². The number of anilines is 1. The van der Waals surface area contributed by atoms with Gasteiger partial charge in [0, 0.05) is 31.9 Å². The SMILES string of the molecule is C[C@H]1OCCN[C@@H]1C(=O)NCc1cccc(NC(=O)N2CCCC2)c1. The number of ether oxygens (including phenoxy) is 1. The topological polar surface area (TPSA) is 82.7 Å². The van der Waals surface area contributed by atoms with Crippen LogP contribution in [0.1, 0.15) is 25.3 Å². The molecule has 3 rings (SSSR count). The third-order valence-corrected chi connectivity index (χ3v) is 4.64. The average Bonchev–Trinajstić information content (AvgIpc) is 3.15. The number of likely N-dealkylation sites (tertiary alicyclic amines) is 1. The number of urea groups is 1. The van der Waals surface area contributed by atoms with Crippen molar-refractivity contribution in [1.29, 1.82) is 0 Å². The number of nitrogens with zero attached hydrogens (tertiary/aromatic N) is 1. The van der Waals surface area contributed by atoms with E-state index in [0.717, 1.165) is 37.2 Å². The molecule has 0 saturated carbocycles. The number of hydrogen-bond donors (Lipinski definition) is 3. The highest BCUT2D eigenvalue weighted by molar-refractivity contribution is 5.89. The molecule has 2 aliphatic rings. The van der Waals surface area contributed by atoms with Gasteiger partial charge in [-0.05, 0) is 37.5 Å². The quantitative estimate of drug-likeness (QED) is 0.768. The molecule has 2 aliphatic heterocycles. The summed E-state index contributed by atoms with van der Waals surface area (Å²) in [7, 11) is 0. The maximum absolute atomic E-state index is 12.3. The number of rotatable bonds is 4. The van der Waals surface area contributed by atoms with Crippen molar-refractivity contribution in [3.8, 4) is 0 Å². The van der Waals surface area contributed by atoms with Gasteiger partial charge in [-0.15, -0.1) is 0 Å². The molecule has 3 amide bonds. The van der Waals surface area contributed by atoms with Gasteiger partial charge < -0.3 is 25.6 Å². The fraction of sp³-hybridized carbons (Fsp3) is 0.556. The van der Waals surface area contributed by atoms with Crippen molar-refractivity contribution < 1.29 is 14.3 Å². The third kappa shape index (κ3) is 4.70. The van der Waals surface area contributed by atoms with E-state index in [-0.39, 0.29) is 24.1 Å². The lowest BCUT2D eigenvalue weighted by molar-refractivity contribution is -0.129. The van der Waals surface area contributed by atoms with Crippen LogP contribution in [0.4, 0.5) is 10.5 Å². The van der Waals surface area contributed by atoms with Crippen LogP contribution in [0.15, 0.2) is 24.3 Å². The number of morpholine rings is 1. The van der Waals surface area contributed by atoms with Crippen LogP contribution in [0.2, 0.25) is 0 Å². The summed E-state index contributed by atoms with van der Waals surface area (Å²) in [6, 6.07) is 7.18. The van der Waals surface area contributed by atoms with E-state index < -0.39 is 0 Å².